The average molecular weight is 204 g/mol. The Bertz CT molecular complexity index is 492. The smallest absolute Gasteiger partial charge is 0.182 e. The SMILES string of the molecule is Cc1nnc(-c2cc(N)n[nH]2)n1C1CC1. The fourth-order valence-corrected chi connectivity index (χ4v) is 1.77. The number of rotatable bonds is 2. The molecular formula is C9H12N6. The van der Waals surface area contributed by atoms with E-state index in [0.717, 1.165) is 17.3 Å². The largest absolute Gasteiger partial charge is 0.382 e. The third-order valence-corrected chi connectivity index (χ3v) is 2.62. The molecule has 0 spiro atoms. The van der Waals surface area contributed by atoms with Gasteiger partial charge >= 0.3 is 0 Å². The maximum Gasteiger partial charge on any atom is 0.182 e. The van der Waals surface area contributed by atoms with Crippen molar-refractivity contribution in [1.82, 2.24) is 25.0 Å². The van der Waals surface area contributed by atoms with Gasteiger partial charge < -0.3 is 10.3 Å². The van der Waals surface area contributed by atoms with Crippen molar-refractivity contribution < 1.29 is 0 Å². The molecule has 0 atom stereocenters. The molecule has 6 nitrogen and oxygen atoms in total. The zero-order valence-electron chi connectivity index (χ0n) is 8.44. The first-order valence-electron chi connectivity index (χ1n) is 4.98. The topological polar surface area (TPSA) is 85.4 Å². The van der Waals surface area contributed by atoms with Crippen LogP contribution in [0.2, 0.25) is 0 Å². The van der Waals surface area contributed by atoms with Crippen LogP contribution in [0.3, 0.4) is 0 Å². The van der Waals surface area contributed by atoms with Gasteiger partial charge in [-0.05, 0) is 19.8 Å². The van der Waals surface area contributed by atoms with E-state index in [9.17, 15) is 0 Å². The van der Waals surface area contributed by atoms with Gasteiger partial charge in [0.05, 0.1) is 0 Å². The first-order valence-corrected chi connectivity index (χ1v) is 4.98. The number of nitrogens with zero attached hydrogens (tertiary/aromatic N) is 4. The average Bonchev–Trinajstić information content (AvgIpc) is 2.84. The van der Waals surface area contributed by atoms with E-state index in [-0.39, 0.29) is 0 Å². The zero-order chi connectivity index (χ0) is 10.4. The lowest BCUT2D eigenvalue weighted by Gasteiger charge is -2.03. The molecule has 1 aliphatic carbocycles. The summed E-state index contributed by atoms with van der Waals surface area (Å²) in [6.45, 7) is 1.97. The summed E-state index contributed by atoms with van der Waals surface area (Å²) in [4.78, 5) is 0. The second-order valence-electron chi connectivity index (χ2n) is 3.88. The lowest BCUT2D eigenvalue weighted by Crippen LogP contribution is -1.99. The highest BCUT2D eigenvalue weighted by molar-refractivity contribution is 5.54. The van der Waals surface area contributed by atoms with Gasteiger partial charge in [0.1, 0.15) is 17.3 Å². The quantitative estimate of drug-likeness (QED) is 0.760. The fourth-order valence-electron chi connectivity index (χ4n) is 1.77. The van der Waals surface area contributed by atoms with Crippen LogP contribution in [0.4, 0.5) is 5.82 Å². The molecular weight excluding hydrogens is 192 g/mol. The molecule has 2 aromatic heterocycles. The lowest BCUT2D eigenvalue weighted by atomic mass is 10.4. The summed E-state index contributed by atoms with van der Waals surface area (Å²) in [6, 6.07) is 2.34. The molecule has 0 amide bonds. The van der Waals surface area contributed by atoms with Gasteiger partial charge in [0.15, 0.2) is 5.82 Å². The molecule has 0 aromatic carbocycles. The van der Waals surface area contributed by atoms with Crippen LogP contribution in [0.25, 0.3) is 11.5 Å². The van der Waals surface area contributed by atoms with Crippen LogP contribution >= 0.6 is 0 Å². The van der Waals surface area contributed by atoms with E-state index in [1.807, 2.05) is 6.92 Å². The Morgan fingerprint density at radius 3 is 2.87 bits per heavy atom. The standard InChI is InChI=1S/C9H12N6/c1-5-11-14-9(15(5)6-2-3-6)7-4-8(10)13-12-7/h4,6H,2-3H2,1H3,(H3,10,12,13). The first kappa shape index (κ1) is 8.46. The fraction of sp³-hybridized carbons (Fsp3) is 0.444. The number of aromatic nitrogens is 5. The van der Waals surface area contributed by atoms with Crippen molar-refractivity contribution >= 4 is 5.82 Å². The van der Waals surface area contributed by atoms with E-state index < -0.39 is 0 Å². The van der Waals surface area contributed by atoms with Gasteiger partial charge in [-0.1, -0.05) is 0 Å². The van der Waals surface area contributed by atoms with Crippen LogP contribution in [0.1, 0.15) is 24.7 Å². The summed E-state index contributed by atoms with van der Waals surface area (Å²) in [6.07, 6.45) is 2.41. The second-order valence-corrected chi connectivity index (χ2v) is 3.88. The minimum atomic E-state index is 0.480. The van der Waals surface area contributed by atoms with Crippen molar-refractivity contribution in [2.45, 2.75) is 25.8 Å². The molecule has 1 aliphatic rings. The molecule has 0 aliphatic heterocycles. The lowest BCUT2D eigenvalue weighted by molar-refractivity contribution is 0.715. The van der Waals surface area contributed by atoms with Crippen molar-refractivity contribution in [3.8, 4) is 11.5 Å². The Hall–Kier alpha value is -1.85. The maximum absolute atomic E-state index is 5.56. The summed E-state index contributed by atoms with van der Waals surface area (Å²) in [5, 5.41) is 15.0. The van der Waals surface area contributed by atoms with Crippen LogP contribution in [0, 0.1) is 6.92 Å². The van der Waals surface area contributed by atoms with Crippen LogP contribution in [-0.2, 0) is 0 Å². The third-order valence-electron chi connectivity index (χ3n) is 2.62. The molecule has 0 radical (unpaired) electrons. The molecule has 2 aromatic rings. The van der Waals surface area contributed by atoms with Crippen molar-refractivity contribution in [1.29, 1.82) is 0 Å². The Balaban J connectivity index is 2.11. The van der Waals surface area contributed by atoms with E-state index >= 15 is 0 Å². The van der Waals surface area contributed by atoms with E-state index in [2.05, 4.69) is 25.0 Å². The molecule has 0 bridgehead atoms. The number of aryl methyl sites for hydroxylation is 1. The van der Waals surface area contributed by atoms with Gasteiger partial charge in [-0.15, -0.1) is 10.2 Å². The molecule has 78 valence electrons. The summed E-state index contributed by atoms with van der Waals surface area (Å²) in [5.41, 5.74) is 6.40. The molecule has 0 unspecified atom stereocenters. The minimum Gasteiger partial charge on any atom is -0.382 e. The number of anilines is 1. The van der Waals surface area contributed by atoms with E-state index in [1.165, 1.54) is 12.8 Å². The van der Waals surface area contributed by atoms with Crippen molar-refractivity contribution in [2.24, 2.45) is 0 Å². The monoisotopic (exact) mass is 204 g/mol. The van der Waals surface area contributed by atoms with Crippen molar-refractivity contribution in [3.63, 3.8) is 0 Å². The Morgan fingerprint density at radius 2 is 2.27 bits per heavy atom. The summed E-state index contributed by atoms with van der Waals surface area (Å²) in [5.74, 6) is 2.26. The molecule has 6 heteroatoms. The molecule has 2 heterocycles. The van der Waals surface area contributed by atoms with Crippen LogP contribution in [0.15, 0.2) is 6.07 Å². The maximum atomic E-state index is 5.56. The highest BCUT2D eigenvalue weighted by Gasteiger charge is 2.29. The van der Waals surface area contributed by atoms with Crippen molar-refractivity contribution in [2.75, 3.05) is 5.73 Å². The molecule has 3 N–H and O–H groups in total. The zero-order valence-corrected chi connectivity index (χ0v) is 8.44. The number of nitrogens with one attached hydrogen (secondary N) is 1. The molecule has 1 fully saturated rings. The summed E-state index contributed by atoms with van der Waals surface area (Å²) >= 11 is 0. The van der Waals surface area contributed by atoms with Gasteiger partial charge in [0, 0.05) is 12.1 Å². The van der Waals surface area contributed by atoms with Crippen LogP contribution in [-0.4, -0.2) is 25.0 Å². The Morgan fingerprint density at radius 1 is 1.47 bits per heavy atom. The van der Waals surface area contributed by atoms with E-state index in [4.69, 9.17) is 5.73 Å². The van der Waals surface area contributed by atoms with Gasteiger partial charge in [0.2, 0.25) is 0 Å². The van der Waals surface area contributed by atoms with E-state index in [1.54, 1.807) is 6.07 Å². The third kappa shape index (κ3) is 1.29. The molecule has 0 saturated heterocycles. The molecule has 1 saturated carbocycles. The van der Waals surface area contributed by atoms with Crippen LogP contribution in [0.5, 0.6) is 0 Å². The summed E-state index contributed by atoms with van der Waals surface area (Å²) < 4.78 is 2.15. The van der Waals surface area contributed by atoms with E-state index in [0.29, 0.717) is 11.9 Å². The van der Waals surface area contributed by atoms with Crippen molar-refractivity contribution in [3.05, 3.63) is 11.9 Å². The summed E-state index contributed by atoms with van der Waals surface area (Å²) in [7, 11) is 0. The second kappa shape index (κ2) is 2.82. The first-order chi connectivity index (χ1) is 7.25. The van der Waals surface area contributed by atoms with Gasteiger partial charge in [-0.3, -0.25) is 5.10 Å². The number of nitrogens with two attached hydrogens (primary N) is 1. The Labute approximate surface area is 86.5 Å². The number of hydrogen-bond donors (Lipinski definition) is 2. The van der Waals surface area contributed by atoms with Gasteiger partial charge in [0.25, 0.3) is 0 Å². The van der Waals surface area contributed by atoms with Gasteiger partial charge in [-0.2, -0.15) is 5.10 Å². The number of H-pyrrole nitrogens is 1. The normalized spacial score (nSPS) is 15.8. The minimum absolute atomic E-state index is 0.480. The predicted molar refractivity (Wildman–Crippen MR) is 55.0 cm³/mol. The number of hydrogen-bond acceptors (Lipinski definition) is 4. The predicted octanol–water partition coefficient (Wildman–Crippen LogP) is 0.894. The number of nitrogen functional groups attached to an aromatic ring is 1. The molecule has 15 heavy (non-hydrogen) atoms. The van der Waals surface area contributed by atoms with Gasteiger partial charge in [-0.25, -0.2) is 0 Å². The van der Waals surface area contributed by atoms with Crippen LogP contribution < -0.4 is 5.73 Å². The Kier molecular flexibility index (Phi) is 1.59. The number of aromatic amines is 1. The highest BCUT2D eigenvalue weighted by Crippen LogP contribution is 2.38. The highest BCUT2D eigenvalue weighted by atomic mass is 15.3. The molecule has 3 rings (SSSR count).